The van der Waals surface area contributed by atoms with Gasteiger partial charge in [0, 0.05) is 42.4 Å². The van der Waals surface area contributed by atoms with Gasteiger partial charge in [-0.25, -0.2) is 0 Å². The van der Waals surface area contributed by atoms with Gasteiger partial charge in [0.1, 0.15) is 0 Å². The minimum atomic E-state index is 0.0441. The largest absolute Gasteiger partial charge is 0.395 e. The smallest absolute Gasteiger partial charge is 0.0558 e. The summed E-state index contributed by atoms with van der Waals surface area (Å²) in [4.78, 5) is 4.73. The normalized spacial score (nSPS) is 18.9. The molecular formula is C15H24BrN3O. The van der Waals surface area contributed by atoms with E-state index in [-0.39, 0.29) is 12.6 Å². The molecule has 0 aliphatic carbocycles. The zero-order chi connectivity index (χ0) is 14.5. The summed E-state index contributed by atoms with van der Waals surface area (Å²) < 4.78 is 1.08. The molecule has 112 valence electrons. The molecule has 0 saturated carbocycles. The highest BCUT2D eigenvalue weighted by Crippen LogP contribution is 2.28. The maximum absolute atomic E-state index is 9.04. The molecular weight excluding hydrogens is 318 g/mol. The molecule has 0 amide bonds. The monoisotopic (exact) mass is 341 g/mol. The molecule has 5 heteroatoms. The van der Waals surface area contributed by atoms with Gasteiger partial charge in [-0.05, 0) is 37.6 Å². The number of nitrogens with two attached hydrogens (primary N) is 1. The van der Waals surface area contributed by atoms with Crippen molar-refractivity contribution in [3.8, 4) is 0 Å². The summed E-state index contributed by atoms with van der Waals surface area (Å²) in [5.74, 6) is 0. The highest BCUT2D eigenvalue weighted by Gasteiger charge is 2.16. The van der Waals surface area contributed by atoms with E-state index in [9.17, 15) is 0 Å². The predicted octanol–water partition coefficient (Wildman–Crippen LogP) is 1.97. The number of nitrogens with zero attached hydrogens (tertiary/aromatic N) is 2. The molecule has 0 aromatic heterocycles. The van der Waals surface area contributed by atoms with E-state index in [0.29, 0.717) is 0 Å². The van der Waals surface area contributed by atoms with Crippen LogP contribution >= 0.6 is 15.9 Å². The van der Waals surface area contributed by atoms with Crippen LogP contribution in [0, 0.1) is 0 Å². The van der Waals surface area contributed by atoms with Crippen molar-refractivity contribution in [2.75, 3.05) is 44.2 Å². The van der Waals surface area contributed by atoms with Crippen molar-refractivity contribution >= 4 is 21.6 Å². The standard InChI is InChI=1S/C15H24BrN3O/c1-12(17)14-4-3-13(11-15(14)16)19-6-2-5-18(7-8-19)9-10-20/h3-4,11-12,20H,2,5-10,17H2,1H3/t12-/m0/s1. The second kappa shape index (κ2) is 7.41. The molecule has 1 heterocycles. The Balaban J connectivity index is 2.06. The van der Waals surface area contributed by atoms with Crippen LogP contribution in [0.2, 0.25) is 0 Å². The van der Waals surface area contributed by atoms with Gasteiger partial charge >= 0.3 is 0 Å². The number of halogens is 1. The van der Waals surface area contributed by atoms with Crippen LogP contribution in [-0.4, -0.2) is 49.3 Å². The van der Waals surface area contributed by atoms with Gasteiger partial charge in [0.25, 0.3) is 0 Å². The molecule has 1 aliphatic rings. The summed E-state index contributed by atoms with van der Waals surface area (Å²) in [5.41, 5.74) is 8.33. The zero-order valence-electron chi connectivity index (χ0n) is 12.1. The second-order valence-corrected chi connectivity index (χ2v) is 6.25. The Kier molecular flexibility index (Phi) is 5.84. The number of aliphatic hydroxyl groups is 1. The number of β-amino-alcohol motifs (C(OH)–C–C–N with tert-alkyl or cyclic N) is 1. The van der Waals surface area contributed by atoms with E-state index >= 15 is 0 Å². The predicted molar refractivity (Wildman–Crippen MR) is 87.1 cm³/mol. The Morgan fingerprint density at radius 1 is 1.30 bits per heavy atom. The summed E-state index contributed by atoms with van der Waals surface area (Å²) in [6.45, 7) is 7.16. The second-order valence-electron chi connectivity index (χ2n) is 5.40. The molecule has 1 aliphatic heterocycles. The van der Waals surface area contributed by atoms with Crippen LogP contribution in [0.3, 0.4) is 0 Å². The maximum atomic E-state index is 9.04. The van der Waals surface area contributed by atoms with Crippen molar-refractivity contribution in [3.05, 3.63) is 28.2 Å². The lowest BCUT2D eigenvalue weighted by Gasteiger charge is -2.24. The molecule has 0 bridgehead atoms. The van der Waals surface area contributed by atoms with Gasteiger partial charge < -0.3 is 15.7 Å². The Morgan fingerprint density at radius 2 is 2.10 bits per heavy atom. The summed E-state index contributed by atoms with van der Waals surface area (Å²) in [6, 6.07) is 6.48. The third kappa shape index (κ3) is 3.95. The molecule has 1 atom stereocenters. The number of hydrogen-bond acceptors (Lipinski definition) is 4. The number of hydrogen-bond donors (Lipinski definition) is 2. The highest BCUT2D eigenvalue weighted by atomic mass is 79.9. The molecule has 3 N–H and O–H groups in total. The Hall–Kier alpha value is -0.620. The van der Waals surface area contributed by atoms with E-state index in [1.165, 1.54) is 5.69 Å². The van der Waals surface area contributed by atoms with Crippen LogP contribution in [0.4, 0.5) is 5.69 Å². The topological polar surface area (TPSA) is 52.7 Å². The Labute approximate surface area is 129 Å². The molecule has 1 saturated heterocycles. The number of rotatable bonds is 4. The fourth-order valence-electron chi connectivity index (χ4n) is 2.68. The van der Waals surface area contributed by atoms with Crippen molar-refractivity contribution in [3.63, 3.8) is 0 Å². The molecule has 2 rings (SSSR count). The lowest BCUT2D eigenvalue weighted by atomic mass is 10.1. The van der Waals surface area contributed by atoms with Gasteiger partial charge in [-0.3, -0.25) is 4.90 Å². The first-order valence-corrected chi connectivity index (χ1v) is 8.04. The number of aliphatic hydroxyl groups excluding tert-OH is 1. The number of anilines is 1. The molecule has 0 spiro atoms. The third-order valence-electron chi connectivity index (χ3n) is 3.84. The van der Waals surface area contributed by atoms with Crippen molar-refractivity contribution < 1.29 is 5.11 Å². The zero-order valence-corrected chi connectivity index (χ0v) is 13.6. The van der Waals surface area contributed by atoms with Gasteiger partial charge in [-0.15, -0.1) is 0 Å². The van der Waals surface area contributed by atoms with E-state index in [1.54, 1.807) is 0 Å². The Bertz CT molecular complexity index is 439. The first-order valence-electron chi connectivity index (χ1n) is 7.25. The van der Waals surface area contributed by atoms with E-state index in [2.05, 4.69) is 43.9 Å². The lowest BCUT2D eigenvalue weighted by Crippen LogP contribution is -2.32. The van der Waals surface area contributed by atoms with E-state index in [0.717, 1.165) is 49.2 Å². The molecule has 0 unspecified atom stereocenters. The average molecular weight is 342 g/mol. The van der Waals surface area contributed by atoms with Gasteiger partial charge in [-0.1, -0.05) is 22.0 Å². The summed E-state index contributed by atoms with van der Waals surface area (Å²) in [7, 11) is 0. The fraction of sp³-hybridized carbons (Fsp3) is 0.600. The van der Waals surface area contributed by atoms with Gasteiger partial charge in [0.05, 0.1) is 6.61 Å². The van der Waals surface area contributed by atoms with Gasteiger partial charge in [0.2, 0.25) is 0 Å². The van der Waals surface area contributed by atoms with Crippen LogP contribution in [0.1, 0.15) is 24.9 Å². The molecule has 1 fully saturated rings. The van der Waals surface area contributed by atoms with Crippen LogP contribution in [-0.2, 0) is 0 Å². The first kappa shape index (κ1) is 15.8. The summed E-state index contributed by atoms with van der Waals surface area (Å²) >= 11 is 3.62. The highest BCUT2D eigenvalue weighted by molar-refractivity contribution is 9.10. The summed E-state index contributed by atoms with van der Waals surface area (Å²) in [5, 5.41) is 9.04. The van der Waals surface area contributed by atoms with E-state index < -0.39 is 0 Å². The van der Waals surface area contributed by atoms with E-state index in [1.807, 2.05) is 6.92 Å². The fourth-order valence-corrected chi connectivity index (χ4v) is 3.40. The third-order valence-corrected chi connectivity index (χ3v) is 4.53. The quantitative estimate of drug-likeness (QED) is 0.879. The van der Waals surface area contributed by atoms with Crippen molar-refractivity contribution in [1.29, 1.82) is 0 Å². The molecule has 20 heavy (non-hydrogen) atoms. The lowest BCUT2D eigenvalue weighted by molar-refractivity contribution is 0.204. The summed E-state index contributed by atoms with van der Waals surface area (Å²) in [6.07, 6.45) is 1.13. The molecule has 0 radical (unpaired) electrons. The van der Waals surface area contributed by atoms with Crippen molar-refractivity contribution in [1.82, 2.24) is 4.90 Å². The maximum Gasteiger partial charge on any atom is 0.0558 e. The van der Waals surface area contributed by atoms with Crippen molar-refractivity contribution in [2.45, 2.75) is 19.4 Å². The van der Waals surface area contributed by atoms with Gasteiger partial charge in [-0.2, -0.15) is 0 Å². The number of benzene rings is 1. The van der Waals surface area contributed by atoms with Crippen molar-refractivity contribution in [2.24, 2.45) is 5.73 Å². The molecule has 1 aromatic carbocycles. The minimum Gasteiger partial charge on any atom is -0.395 e. The molecule has 1 aromatic rings. The Morgan fingerprint density at radius 3 is 2.75 bits per heavy atom. The van der Waals surface area contributed by atoms with Crippen LogP contribution in [0.25, 0.3) is 0 Å². The first-order chi connectivity index (χ1) is 9.61. The molecule has 4 nitrogen and oxygen atoms in total. The van der Waals surface area contributed by atoms with Crippen LogP contribution in [0.15, 0.2) is 22.7 Å². The van der Waals surface area contributed by atoms with Crippen LogP contribution < -0.4 is 10.6 Å². The van der Waals surface area contributed by atoms with Crippen LogP contribution in [0.5, 0.6) is 0 Å². The van der Waals surface area contributed by atoms with E-state index in [4.69, 9.17) is 10.8 Å². The van der Waals surface area contributed by atoms with Gasteiger partial charge in [0.15, 0.2) is 0 Å². The minimum absolute atomic E-state index is 0.0441. The average Bonchev–Trinajstić information content (AvgIpc) is 2.64. The SMILES string of the molecule is C[C@H](N)c1ccc(N2CCCN(CCO)CC2)cc1Br.